The minimum atomic E-state index is -0.485. The van der Waals surface area contributed by atoms with Crippen molar-refractivity contribution in [3.05, 3.63) is 35.1 Å². The van der Waals surface area contributed by atoms with Gasteiger partial charge < -0.3 is 15.4 Å². The Labute approximate surface area is 111 Å². The lowest BCUT2D eigenvalue weighted by atomic mass is 10.1. The Morgan fingerprint density at radius 2 is 2.05 bits per heavy atom. The summed E-state index contributed by atoms with van der Waals surface area (Å²) in [7, 11) is 1.53. The van der Waals surface area contributed by atoms with Gasteiger partial charge in [0.2, 0.25) is 5.91 Å². The Morgan fingerprint density at radius 1 is 1.32 bits per heavy atom. The quantitative estimate of drug-likeness (QED) is 0.743. The zero-order valence-electron chi connectivity index (χ0n) is 11.0. The highest BCUT2D eigenvalue weighted by molar-refractivity contribution is 5.96. The predicted molar refractivity (Wildman–Crippen MR) is 68.4 cm³/mol. The largest absolute Gasteiger partial charge is 0.383 e. The fourth-order valence-electron chi connectivity index (χ4n) is 1.35. The van der Waals surface area contributed by atoms with Crippen molar-refractivity contribution in [2.45, 2.75) is 6.92 Å². The average Bonchev–Trinajstić information content (AvgIpc) is 2.39. The molecule has 0 saturated carbocycles. The molecule has 0 radical (unpaired) electrons. The minimum absolute atomic E-state index is 0.155. The molecule has 0 unspecified atom stereocenters. The molecule has 1 aromatic rings. The molecule has 0 heterocycles. The number of ether oxygens (including phenoxy) is 1. The van der Waals surface area contributed by atoms with Crippen LogP contribution < -0.4 is 10.6 Å². The van der Waals surface area contributed by atoms with Crippen LogP contribution in [0.15, 0.2) is 18.2 Å². The van der Waals surface area contributed by atoms with Gasteiger partial charge in [-0.3, -0.25) is 9.59 Å². The molecule has 6 heteroatoms. The number of carbonyl (C=O) groups is 2. The first-order valence-corrected chi connectivity index (χ1v) is 5.84. The predicted octanol–water partition coefficient (Wildman–Crippen LogP) is 0.627. The number of halogens is 1. The van der Waals surface area contributed by atoms with Crippen molar-refractivity contribution >= 4 is 11.8 Å². The van der Waals surface area contributed by atoms with E-state index in [0.717, 1.165) is 6.07 Å². The van der Waals surface area contributed by atoms with E-state index in [4.69, 9.17) is 4.74 Å². The molecule has 19 heavy (non-hydrogen) atoms. The van der Waals surface area contributed by atoms with Crippen molar-refractivity contribution in [2.75, 3.05) is 26.8 Å². The molecule has 0 aliphatic carbocycles. The average molecular weight is 268 g/mol. The molecule has 1 rings (SSSR count). The third-order valence-electron chi connectivity index (χ3n) is 2.47. The summed E-state index contributed by atoms with van der Waals surface area (Å²) in [6.07, 6.45) is 0. The van der Waals surface area contributed by atoms with E-state index in [-0.39, 0.29) is 18.0 Å². The Balaban J connectivity index is 2.42. The highest BCUT2D eigenvalue weighted by Gasteiger charge is 2.09. The summed E-state index contributed by atoms with van der Waals surface area (Å²) in [6.45, 7) is 2.24. The third-order valence-corrected chi connectivity index (χ3v) is 2.47. The zero-order valence-corrected chi connectivity index (χ0v) is 11.0. The van der Waals surface area contributed by atoms with Crippen LogP contribution in [0.5, 0.6) is 0 Å². The van der Waals surface area contributed by atoms with Gasteiger partial charge in [0.25, 0.3) is 5.91 Å². The first-order valence-electron chi connectivity index (χ1n) is 5.84. The van der Waals surface area contributed by atoms with Crippen molar-refractivity contribution in [2.24, 2.45) is 0 Å². The molecule has 2 N–H and O–H groups in total. The maximum Gasteiger partial charge on any atom is 0.251 e. The molecule has 0 fully saturated rings. The van der Waals surface area contributed by atoms with Crippen molar-refractivity contribution in [1.29, 1.82) is 0 Å². The second-order valence-electron chi connectivity index (χ2n) is 3.99. The summed E-state index contributed by atoms with van der Waals surface area (Å²) in [5.74, 6) is -1.25. The SMILES string of the molecule is COCCNC(=O)CNC(=O)c1ccc(C)c(F)c1. The van der Waals surface area contributed by atoms with E-state index in [1.54, 1.807) is 6.92 Å². The molecule has 2 amide bonds. The van der Waals surface area contributed by atoms with Gasteiger partial charge in [-0.05, 0) is 24.6 Å². The van der Waals surface area contributed by atoms with E-state index in [2.05, 4.69) is 10.6 Å². The molecular formula is C13H17FN2O3. The van der Waals surface area contributed by atoms with Crippen LogP contribution in [0.2, 0.25) is 0 Å². The topological polar surface area (TPSA) is 67.4 Å². The molecule has 1 aromatic carbocycles. The van der Waals surface area contributed by atoms with Crippen LogP contribution in [0, 0.1) is 12.7 Å². The van der Waals surface area contributed by atoms with Gasteiger partial charge in [-0.25, -0.2) is 4.39 Å². The lowest BCUT2D eigenvalue weighted by Gasteiger charge is -2.07. The van der Waals surface area contributed by atoms with E-state index in [1.165, 1.54) is 19.2 Å². The molecule has 0 aromatic heterocycles. The van der Waals surface area contributed by atoms with Gasteiger partial charge in [0, 0.05) is 19.2 Å². The van der Waals surface area contributed by atoms with Gasteiger partial charge in [-0.15, -0.1) is 0 Å². The first kappa shape index (κ1) is 15.1. The zero-order chi connectivity index (χ0) is 14.3. The molecule has 0 atom stereocenters. The first-order chi connectivity index (χ1) is 9.04. The Kier molecular flexibility index (Phi) is 5.95. The monoisotopic (exact) mass is 268 g/mol. The van der Waals surface area contributed by atoms with E-state index in [0.29, 0.717) is 18.7 Å². The molecular weight excluding hydrogens is 251 g/mol. The van der Waals surface area contributed by atoms with Gasteiger partial charge >= 0.3 is 0 Å². The normalized spacial score (nSPS) is 10.1. The van der Waals surface area contributed by atoms with Crippen LogP contribution in [0.3, 0.4) is 0 Å². The van der Waals surface area contributed by atoms with Gasteiger partial charge in [0.05, 0.1) is 13.2 Å². The van der Waals surface area contributed by atoms with Crippen LogP contribution in [0.25, 0.3) is 0 Å². The van der Waals surface area contributed by atoms with E-state index in [1.807, 2.05) is 0 Å². The van der Waals surface area contributed by atoms with E-state index in [9.17, 15) is 14.0 Å². The van der Waals surface area contributed by atoms with E-state index >= 15 is 0 Å². The number of hydrogen-bond acceptors (Lipinski definition) is 3. The number of carbonyl (C=O) groups excluding carboxylic acids is 2. The molecule has 0 bridgehead atoms. The van der Waals surface area contributed by atoms with Crippen LogP contribution in [0.1, 0.15) is 15.9 Å². The third kappa shape index (κ3) is 5.05. The number of methoxy groups -OCH3 is 1. The molecule has 5 nitrogen and oxygen atoms in total. The molecule has 104 valence electrons. The summed E-state index contributed by atoms with van der Waals surface area (Å²) < 4.78 is 18.0. The number of rotatable bonds is 6. The second kappa shape index (κ2) is 7.48. The number of amides is 2. The number of nitrogens with one attached hydrogen (secondary N) is 2. The maximum absolute atomic E-state index is 13.3. The second-order valence-corrected chi connectivity index (χ2v) is 3.99. The lowest BCUT2D eigenvalue weighted by Crippen LogP contribution is -2.38. The summed E-state index contributed by atoms with van der Waals surface area (Å²) in [6, 6.07) is 4.17. The van der Waals surface area contributed by atoms with Gasteiger partial charge in [0.1, 0.15) is 5.82 Å². The van der Waals surface area contributed by atoms with Gasteiger partial charge in [-0.2, -0.15) is 0 Å². The molecule has 0 spiro atoms. The maximum atomic E-state index is 13.3. The van der Waals surface area contributed by atoms with Crippen molar-refractivity contribution in [3.63, 3.8) is 0 Å². The Morgan fingerprint density at radius 3 is 2.68 bits per heavy atom. The number of hydrogen-bond donors (Lipinski definition) is 2. The van der Waals surface area contributed by atoms with Gasteiger partial charge in [-0.1, -0.05) is 6.07 Å². The summed E-state index contributed by atoms with van der Waals surface area (Å²) in [5.41, 5.74) is 0.654. The minimum Gasteiger partial charge on any atom is -0.383 e. The Bertz CT molecular complexity index is 463. The molecule has 0 saturated heterocycles. The Hall–Kier alpha value is -1.95. The van der Waals surface area contributed by atoms with Gasteiger partial charge in [0.15, 0.2) is 0 Å². The summed E-state index contributed by atoms with van der Waals surface area (Å²) in [5, 5.41) is 4.97. The summed E-state index contributed by atoms with van der Waals surface area (Å²) in [4.78, 5) is 23.0. The van der Waals surface area contributed by atoms with Crippen LogP contribution >= 0.6 is 0 Å². The number of aryl methyl sites for hydroxylation is 1. The molecule has 0 aliphatic heterocycles. The molecule has 0 aliphatic rings. The fraction of sp³-hybridized carbons (Fsp3) is 0.385. The highest BCUT2D eigenvalue weighted by Crippen LogP contribution is 2.08. The smallest absolute Gasteiger partial charge is 0.251 e. The van der Waals surface area contributed by atoms with Crippen LogP contribution in [-0.2, 0) is 9.53 Å². The summed E-state index contributed by atoms with van der Waals surface area (Å²) >= 11 is 0. The standard InChI is InChI=1S/C13H17FN2O3/c1-9-3-4-10(7-11(9)14)13(18)16-8-12(17)15-5-6-19-2/h3-4,7H,5-6,8H2,1-2H3,(H,15,17)(H,16,18). The van der Waals surface area contributed by atoms with Crippen LogP contribution in [0.4, 0.5) is 4.39 Å². The van der Waals surface area contributed by atoms with Crippen molar-refractivity contribution < 1.29 is 18.7 Å². The highest BCUT2D eigenvalue weighted by atomic mass is 19.1. The van der Waals surface area contributed by atoms with Crippen molar-refractivity contribution in [3.8, 4) is 0 Å². The lowest BCUT2D eigenvalue weighted by molar-refractivity contribution is -0.120. The fourth-order valence-corrected chi connectivity index (χ4v) is 1.35. The van der Waals surface area contributed by atoms with E-state index < -0.39 is 11.7 Å². The van der Waals surface area contributed by atoms with Crippen molar-refractivity contribution in [1.82, 2.24) is 10.6 Å². The van der Waals surface area contributed by atoms with Crippen LogP contribution in [-0.4, -0.2) is 38.6 Å². The number of benzene rings is 1.